The van der Waals surface area contributed by atoms with E-state index in [1.807, 2.05) is 43.5 Å². The molecule has 168 valence electrons. The van der Waals surface area contributed by atoms with Crippen LogP contribution in [0.3, 0.4) is 0 Å². The van der Waals surface area contributed by atoms with Crippen molar-refractivity contribution in [3.8, 4) is 0 Å². The summed E-state index contributed by atoms with van der Waals surface area (Å²) in [5, 5.41) is 15.5. The van der Waals surface area contributed by atoms with Gasteiger partial charge in [0.15, 0.2) is 11.0 Å². The van der Waals surface area contributed by atoms with Crippen LogP contribution in [-0.4, -0.2) is 32.3 Å². The van der Waals surface area contributed by atoms with E-state index in [4.69, 9.17) is 11.6 Å². The molecular weight excluding hydrogens is 514 g/mol. The Labute approximate surface area is 204 Å². The van der Waals surface area contributed by atoms with Gasteiger partial charge in [-0.1, -0.05) is 39.3 Å². The molecule has 3 aromatic rings. The molecule has 0 radical (unpaired) electrons. The standard InChI is InChI=1S/C22H23BrClN5O2S/c1-4-29-20(14(3)25-21(31)15-5-8-17(24)9-6-15)27-28-22(29)32-12-19(30)26-18-10-7-16(23)11-13(18)2/h5-11,14H,4,12H2,1-3H3,(H,25,31)(H,26,30)/t14-/m0/s1. The van der Waals surface area contributed by atoms with Gasteiger partial charge < -0.3 is 15.2 Å². The zero-order chi connectivity index (χ0) is 23.3. The highest BCUT2D eigenvalue weighted by Gasteiger charge is 2.20. The Balaban J connectivity index is 1.62. The topological polar surface area (TPSA) is 88.9 Å². The molecule has 3 rings (SSSR count). The molecule has 0 aliphatic rings. The molecular formula is C22H23BrClN5O2S. The third kappa shape index (κ3) is 6.11. The quantitative estimate of drug-likeness (QED) is 0.384. The van der Waals surface area contributed by atoms with E-state index in [1.54, 1.807) is 24.3 Å². The van der Waals surface area contributed by atoms with Crippen LogP contribution in [0.5, 0.6) is 0 Å². The number of amides is 2. The predicted octanol–water partition coefficient (Wildman–Crippen LogP) is 5.24. The summed E-state index contributed by atoms with van der Waals surface area (Å²) in [5.41, 5.74) is 2.26. The minimum Gasteiger partial charge on any atom is -0.342 e. The molecule has 0 saturated heterocycles. The van der Waals surface area contributed by atoms with Gasteiger partial charge in [0.05, 0.1) is 11.8 Å². The van der Waals surface area contributed by atoms with Gasteiger partial charge in [0.2, 0.25) is 5.91 Å². The monoisotopic (exact) mass is 535 g/mol. The Morgan fingerprint density at radius 1 is 1.19 bits per heavy atom. The summed E-state index contributed by atoms with van der Waals surface area (Å²) in [6.07, 6.45) is 0. The van der Waals surface area contributed by atoms with Crippen molar-refractivity contribution >= 4 is 56.8 Å². The lowest BCUT2D eigenvalue weighted by molar-refractivity contribution is -0.113. The number of nitrogens with zero attached hydrogens (tertiary/aromatic N) is 3. The van der Waals surface area contributed by atoms with Crippen molar-refractivity contribution in [3.05, 3.63) is 68.9 Å². The number of benzene rings is 2. The Morgan fingerprint density at radius 3 is 2.56 bits per heavy atom. The van der Waals surface area contributed by atoms with Gasteiger partial charge in [-0.25, -0.2) is 0 Å². The Morgan fingerprint density at radius 2 is 1.91 bits per heavy atom. The molecule has 32 heavy (non-hydrogen) atoms. The number of hydrogen-bond donors (Lipinski definition) is 2. The maximum atomic E-state index is 12.5. The summed E-state index contributed by atoms with van der Waals surface area (Å²) in [4.78, 5) is 24.9. The molecule has 0 aliphatic carbocycles. The highest BCUT2D eigenvalue weighted by molar-refractivity contribution is 9.10. The van der Waals surface area contributed by atoms with Crippen LogP contribution in [0.4, 0.5) is 5.69 Å². The highest BCUT2D eigenvalue weighted by Crippen LogP contribution is 2.23. The molecule has 2 N–H and O–H groups in total. The second-order valence-electron chi connectivity index (χ2n) is 7.08. The first-order valence-electron chi connectivity index (χ1n) is 9.96. The molecule has 7 nitrogen and oxygen atoms in total. The van der Waals surface area contributed by atoms with Crippen LogP contribution in [-0.2, 0) is 11.3 Å². The van der Waals surface area contributed by atoms with Gasteiger partial charge in [-0.2, -0.15) is 0 Å². The summed E-state index contributed by atoms with van der Waals surface area (Å²) >= 11 is 10.6. The van der Waals surface area contributed by atoms with Gasteiger partial charge in [0, 0.05) is 27.3 Å². The Bertz CT molecular complexity index is 1120. The van der Waals surface area contributed by atoms with Gasteiger partial charge in [0.25, 0.3) is 5.91 Å². The van der Waals surface area contributed by atoms with Crippen molar-refractivity contribution < 1.29 is 9.59 Å². The number of nitrogens with one attached hydrogen (secondary N) is 2. The van der Waals surface area contributed by atoms with Crippen LogP contribution >= 0.6 is 39.3 Å². The van der Waals surface area contributed by atoms with E-state index in [1.165, 1.54) is 11.8 Å². The Kier molecular flexibility index (Phi) is 8.33. The smallest absolute Gasteiger partial charge is 0.251 e. The van der Waals surface area contributed by atoms with Crippen molar-refractivity contribution in [1.29, 1.82) is 0 Å². The fourth-order valence-corrected chi connectivity index (χ4v) is 4.46. The largest absolute Gasteiger partial charge is 0.342 e. The number of carbonyl (C=O) groups is 2. The number of rotatable bonds is 8. The number of carbonyl (C=O) groups excluding carboxylic acids is 2. The fraction of sp³-hybridized carbons (Fsp3) is 0.273. The molecule has 0 bridgehead atoms. The van der Waals surface area contributed by atoms with Crippen molar-refractivity contribution in [2.45, 2.75) is 38.5 Å². The van der Waals surface area contributed by atoms with E-state index >= 15 is 0 Å². The molecule has 0 fully saturated rings. The van der Waals surface area contributed by atoms with Crippen LogP contribution in [0.25, 0.3) is 0 Å². The van der Waals surface area contributed by atoms with Gasteiger partial charge in [-0.05, 0) is 68.8 Å². The number of thioether (sulfide) groups is 1. The number of hydrogen-bond acceptors (Lipinski definition) is 5. The lowest BCUT2D eigenvalue weighted by Gasteiger charge is -2.15. The van der Waals surface area contributed by atoms with Crippen molar-refractivity contribution in [3.63, 3.8) is 0 Å². The fourth-order valence-electron chi connectivity index (χ4n) is 3.05. The number of aromatic nitrogens is 3. The molecule has 2 amide bonds. The second-order valence-corrected chi connectivity index (χ2v) is 9.38. The number of aryl methyl sites for hydroxylation is 1. The lowest BCUT2D eigenvalue weighted by Crippen LogP contribution is -2.28. The lowest BCUT2D eigenvalue weighted by atomic mass is 10.2. The van der Waals surface area contributed by atoms with E-state index in [2.05, 4.69) is 36.8 Å². The summed E-state index contributed by atoms with van der Waals surface area (Å²) in [5.74, 6) is 0.468. The molecule has 1 atom stereocenters. The molecule has 1 heterocycles. The van der Waals surface area contributed by atoms with Gasteiger partial charge in [-0.3, -0.25) is 9.59 Å². The first kappa shape index (κ1) is 24.3. The SMILES string of the molecule is CCn1c(SCC(=O)Nc2ccc(Br)cc2C)nnc1[C@H](C)NC(=O)c1ccc(Cl)cc1. The molecule has 2 aromatic carbocycles. The average Bonchev–Trinajstić information content (AvgIpc) is 3.17. The maximum Gasteiger partial charge on any atom is 0.251 e. The molecule has 0 saturated carbocycles. The van der Waals surface area contributed by atoms with E-state index in [-0.39, 0.29) is 23.6 Å². The second kappa shape index (κ2) is 11.0. The predicted molar refractivity (Wildman–Crippen MR) is 131 cm³/mol. The first-order chi connectivity index (χ1) is 15.3. The normalized spacial score (nSPS) is 11.8. The van der Waals surface area contributed by atoms with Crippen LogP contribution in [0.2, 0.25) is 5.02 Å². The van der Waals surface area contributed by atoms with Crippen LogP contribution in [0.1, 0.15) is 41.6 Å². The van der Waals surface area contributed by atoms with E-state index in [0.717, 1.165) is 15.7 Å². The van der Waals surface area contributed by atoms with Gasteiger partial charge in [-0.15, -0.1) is 10.2 Å². The van der Waals surface area contributed by atoms with Crippen molar-refractivity contribution in [1.82, 2.24) is 20.1 Å². The summed E-state index contributed by atoms with van der Waals surface area (Å²) in [6.45, 7) is 6.36. The first-order valence-corrected chi connectivity index (χ1v) is 12.1. The van der Waals surface area contributed by atoms with Gasteiger partial charge >= 0.3 is 0 Å². The van der Waals surface area contributed by atoms with Crippen molar-refractivity contribution in [2.24, 2.45) is 0 Å². The summed E-state index contributed by atoms with van der Waals surface area (Å²) in [6, 6.07) is 12.0. The molecule has 10 heteroatoms. The molecule has 0 spiro atoms. The number of halogens is 2. The van der Waals surface area contributed by atoms with E-state index in [9.17, 15) is 9.59 Å². The molecule has 1 aromatic heterocycles. The molecule has 0 unspecified atom stereocenters. The van der Waals surface area contributed by atoms with Crippen molar-refractivity contribution in [2.75, 3.05) is 11.1 Å². The minimum atomic E-state index is -0.362. The van der Waals surface area contributed by atoms with Gasteiger partial charge in [0.1, 0.15) is 0 Å². The third-order valence-electron chi connectivity index (χ3n) is 4.70. The zero-order valence-electron chi connectivity index (χ0n) is 17.9. The van der Waals surface area contributed by atoms with Crippen LogP contribution in [0, 0.1) is 6.92 Å². The van der Waals surface area contributed by atoms with Crippen LogP contribution in [0.15, 0.2) is 52.1 Å². The molecule has 0 aliphatic heterocycles. The summed E-state index contributed by atoms with van der Waals surface area (Å²) < 4.78 is 2.86. The minimum absolute atomic E-state index is 0.128. The summed E-state index contributed by atoms with van der Waals surface area (Å²) in [7, 11) is 0. The zero-order valence-corrected chi connectivity index (χ0v) is 21.0. The average molecular weight is 537 g/mol. The highest BCUT2D eigenvalue weighted by atomic mass is 79.9. The van der Waals surface area contributed by atoms with E-state index in [0.29, 0.717) is 28.1 Å². The third-order valence-corrected chi connectivity index (χ3v) is 6.41. The van der Waals surface area contributed by atoms with E-state index < -0.39 is 0 Å². The number of anilines is 1. The maximum absolute atomic E-state index is 12.5. The Hall–Kier alpha value is -2.36. The van der Waals surface area contributed by atoms with Crippen LogP contribution < -0.4 is 10.6 Å².